The highest BCUT2D eigenvalue weighted by Gasteiger charge is 2.11. The van der Waals surface area contributed by atoms with Gasteiger partial charge in [-0.05, 0) is 41.1 Å². The molecular weight excluding hydrogens is 318 g/mol. The molecular formula is C20H13NO4. The first-order valence-corrected chi connectivity index (χ1v) is 7.73. The van der Waals surface area contributed by atoms with E-state index in [1.165, 1.54) is 13.0 Å². The van der Waals surface area contributed by atoms with Crippen molar-refractivity contribution in [2.45, 2.75) is 6.92 Å². The van der Waals surface area contributed by atoms with E-state index in [0.29, 0.717) is 5.52 Å². The van der Waals surface area contributed by atoms with Gasteiger partial charge in [-0.15, -0.1) is 0 Å². The lowest BCUT2D eigenvalue weighted by Gasteiger charge is -2.05. The van der Waals surface area contributed by atoms with Crippen molar-refractivity contribution in [1.82, 2.24) is 4.98 Å². The predicted molar refractivity (Wildman–Crippen MR) is 94.5 cm³/mol. The van der Waals surface area contributed by atoms with Crippen molar-refractivity contribution in [3.63, 3.8) is 0 Å². The molecule has 0 amide bonds. The van der Waals surface area contributed by atoms with Gasteiger partial charge in [-0.3, -0.25) is 4.79 Å². The van der Waals surface area contributed by atoms with Gasteiger partial charge in [0.25, 0.3) is 0 Å². The minimum absolute atomic E-state index is 0.253. The molecule has 0 bridgehead atoms. The van der Waals surface area contributed by atoms with Gasteiger partial charge in [-0.25, -0.2) is 9.78 Å². The average molecular weight is 331 g/mol. The molecule has 5 heteroatoms. The molecule has 4 rings (SSSR count). The van der Waals surface area contributed by atoms with Gasteiger partial charge < -0.3 is 9.15 Å². The first kappa shape index (κ1) is 15.1. The minimum atomic E-state index is -0.526. The number of nitrogens with zero attached hydrogens (tertiary/aromatic N) is 1. The summed E-state index contributed by atoms with van der Waals surface area (Å²) in [6.45, 7) is 1.30. The van der Waals surface area contributed by atoms with Crippen molar-refractivity contribution < 1.29 is 13.9 Å². The quantitative estimate of drug-likeness (QED) is 0.411. The van der Waals surface area contributed by atoms with E-state index in [1.807, 2.05) is 42.5 Å². The summed E-state index contributed by atoms with van der Waals surface area (Å²) < 4.78 is 10.4. The van der Waals surface area contributed by atoms with E-state index in [1.54, 1.807) is 12.1 Å². The summed E-state index contributed by atoms with van der Waals surface area (Å²) in [5.74, 6) is 0.0838. The third-order valence-electron chi connectivity index (χ3n) is 3.86. The SMILES string of the molecule is CC(=O)Oc1ccc2nc(-c3ccc4ccccc4c3)oc(=O)c2c1. The Balaban J connectivity index is 1.84. The van der Waals surface area contributed by atoms with E-state index < -0.39 is 11.6 Å². The number of benzene rings is 3. The van der Waals surface area contributed by atoms with Crippen LogP contribution < -0.4 is 10.4 Å². The molecule has 0 saturated carbocycles. The van der Waals surface area contributed by atoms with E-state index in [9.17, 15) is 9.59 Å². The molecule has 0 aliphatic carbocycles. The molecule has 0 radical (unpaired) electrons. The molecule has 0 aliphatic rings. The smallest absolute Gasteiger partial charge is 0.347 e. The first-order chi connectivity index (χ1) is 12.1. The van der Waals surface area contributed by atoms with Crippen LogP contribution in [0.5, 0.6) is 5.75 Å². The van der Waals surface area contributed by atoms with Crippen LogP contribution in [-0.2, 0) is 4.79 Å². The maximum absolute atomic E-state index is 12.3. The lowest BCUT2D eigenvalue weighted by atomic mass is 10.1. The Kier molecular flexibility index (Phi) is 3.54. The van der Waals surface area contributed by atoms with Gasteiger partial charge in [-0.2, -0.15) is 0 Å². The Labute approximate surface area is 142 Å². The second-order valence-corrected chi connectivity index (χ2v) is 5.64. The van der Waals surface area contributed by atoms with Crippen molar-refractivity contribution in [3.05, 3.63) is 71.1 Å². The fourth-order valence-electron chi connectivity index (χ4n) is 2.73. The Morgan fingerprint density at radius 3 is 2.60 bits per heavy atom. The average Bonchev–Trinajstić information content (AvgIpc) is 2.61. The van der Waals surface area contributed by atoms with Gasteiger partial charge in [-0.1, -0.05) is 30.3 Å². The molecule has 5 nitrogen and oxygen atoms in total. The number of carbonyl (C=O) groups excluding carboxylic acids is 1. The van der Waals surface area contributed by atoms with Crippen molar-refractivity contribution in [3.8, 4) is 17.2 Å². The molecule has 0 fully saturated rings. The van der Waals surface area contributed by atoms with Crippen LogP contribution in [0.2, 0.25) is 0 Å². The third-order valence-corrected chi connectivity index (χ3v) is 3.86. The highest BCUT2D eigenvalue weighted by Crippen LogP contribution is 2.25. The van der Waals surface area contributed by atoms with E-state index in [-0.39, 0.29) is 17.0 Å². The summed E-state index contributed by atoms with van der Waals surface area (Å²) in [7, 11) is 0. The maximum Gasteiger partial charge on any atom is 0.347 e. The molecule has 0 unspecified atom stereocenters. The number of hydrogen-bond acceptors (Lipinski definition) is 5. The Morgan fingerprint density at radius 2 is 1.80 bits per heavy atom. The Hall–Kier alpha value is -3.47. The van der Waals surface area contributed by atoms with Gasteiger partial charge in [0.05, 0.1) is 10.9 Å². The van der Waals surface area contributed by atoms with Crippen LogP contribution >= 0.6 is 0 Å². The second kappa shape index (κ2) is 5.87. The van der Waals surface area contributed by atoms with Crippen molar-refractivity contribution >= 4 is 27.6 Å². The van der Waals surface area contributed by atoms with Crippen LogP contribution in [0.4, 0.5) is 0 Å². The summed E-state index contributed by atoms with van der Waals surface area (Å²) in [5, 5.41) is 2.40. The van der Waals surface area contributed by atoms with Gasteiger partial charge >= 0.3 is 11.6 Å². The second-order valence-electron chi connectivity index (χ2n) is 5.64. The topological polar surface area (TPSA) is 69.4 Å². The number of carbonyl (C=O) groups is 1. The molecule has 3 aromatic carbocycles. The Bertz CT molecular complexity index is 1180. The summed E-state index contributed by atoms with van der Waals surface area (Å²) in [6, 6.07) is 18.4. The van der Waals surface area contributed by atoms with Gasteiger partial charge in [0.2, 0.25) is 5.89 Å². The van der Waals surface area contributed by atoms with Gasteiger partial charge in [0.1, 0.15) is 5.75 Å². The van der Waals surface area contributed by atoms with Crippen LogP contribution in [-0.4, -0.2) is 11.0 Å². The largest absolute Gasteiger partial charge is 0.427 e. The van der Waals surface area contributed by atoms with E-state index in [0.717, 1.165) is 16.3 Å². The van der Waals surface area contributed by atoms with Crippen LogP contribution in [0.1, 0.15) is 6.92 Å². The molecule has 0 atom stereocenters. The number of ether oxygens (including phenoxy) is 1. The lowest BCUT2D eigenvalue weighted by molar-refractivity contribution is -0.131. The first-order valence-electron chi connectivity index (χ1n) is 7.73. The number of hydrogen-bond donors (Lipinski definition) is 0. The molecule has 0 aliphatic heterocycles. The predicted octanol–water partition coefficient (Wildman–Crippen LogP) is 3.93. The number of rotatable bonds is 2. The van der Waals surface area contributed by atoms with E-state index in [4.69, 9.17) is 9.15 Å². The molecule has 1 heterocycles. The number of esters is 1. The standard InChI is InChI=1S/C20H13NO4/c1-12(22)24-16-8-9-18-17(11-16)20(23)25-19(21-18)15-7-6-13-4-2-3-5-14(13)10-15/h2-11H,1H3. The molecule has 4 aromatic rings. The third kappa shape index (κ3) is 2.87. The summed E-state index contributed by atoms with van der Waals surface area (Å²) in [6.07, 6.45) is 0. The maximum atomic E-state index is 12.3. The van der Waals surface area contributed by atoms with Gasteiger partial charge in [0.15, 0.2) is 0 Å². The zero-order valence-electron chi connectivity index (χ0n) is 13.4. The summed E-state index contributed by atoms with van der Waals surface area (Å²) >= 11 is 0. The number of fused-ring (bicyclic) bond motifs is 2. The molecule has 0 spiro atoms. The van der Waals surface area contributed by atoms with Crippen LogP contribution in [0.25, 0.3) is 33.1 Å². The molecule has 25 heavy (non-hydrogen) atoms. The highest BCUT2D eigenvalue weighted by atomic mass is 16.5. The Morgan fingerprint density at radius 1 is 1.00 bits per heavy atom. The monoisotopic (exact) mass is 331 g/mol. The molecule has 0 N–H and O–H groups in total. The van der Waals surface area contributed by atoms with Crippen LogP contribution in [0.3, 0.4) is 0 Å². The van der Waals surface area contributed by atoms with Crippen molar-refractivity contribution in [1.29, 1.82) is 0 Å². The van der Waals surface area contributed by atoms with E-state index in [2.05, 4.69) is 4.98 Å². The molecule has 0 saturated heterocycles. The van der Waals surface area contributed by atoms with Crippen molar-refractivity contribution in [2.24, 2.45) is 0 Å². The van der Waals surface area contributed by atoms with Crippen LogP contribution in [0.15, 0.2) is 69.9 Å². The lowest BCUT2D eigenvalue weighted by Crippen LogP contribution is -2.05. The summed E-state index contributed by atoms with van der Waals surface area (Å²) in [5.41, 5.74) is 0.680. The zero-order valence-corrected chi connectivity index (χ0v) is 13.4. The fraction of sp³-hybridized carbons (Fsp3) is 0.0500. The summed E-state index contributed by atoms with van der Waals surface area (Å²) in [4.78, 5) is 27.8. The minimum Gasteiger partial charge on any atom is -0.427 e. The highest BCUT2D eigenvalue weighted by molar-refractivity contribution is 5.87. The van der Waals surface area contributed by atoms with E-state index >= 15 is 0 Å². The fourth-order valence-corrected chi connectivity index (χ4v) is 2.73. The molecule has 1 aromatic heterocycles. The van der Waals surface area contributed by atoms with Crippen molar-refractivity contribution in [2.75, 3.05) is 0 Å². The molecule has 122 valence electrons. The zero-order chi connectivity index (χ0) is 17.4. The van der Waals surface area contributed by atoms with Crippen LogP contribution in [0, 0.1) is 0 Å². The normalized spacial score (nSPS) is 10.9. The number of aromatic nitrogens is 1. The van der Waals surface area contributed by atoms with Gasteiger partial charge in [0, 0.05) is 12.5 Å².